The van der Waals surface area contributed by atoms with Gasteiger partial charge in [-0.05, 0) is 48.7 Å². The van der Waals surface area contributed by atoms with Gasteiger partial charge in [-0.25, -0.2) is 0 Å². The van der Waals surface area contributed by atoms with Crippen molar-refractivity contribution >= 4 is 28.9 Å². The van der Waals surface area contributed by atoms with E-state index in [-0.39, 0.29) is 12.3 Å². The highest BCUT2D eigenvalue weighted by molar-refractivity contribution is 6.30. The standard InChI is InChI=1S/C23H22ClN3O2/c1-29-27-21-7-3-6-19(21)20(14-22(27)16-4-2-5-17(24)13-16)26-18-10-8-15(9-11-18)12-23(25)28/h2,4-5,8-11,13-14H,3,6-7,12H2,1H3,(H2,25,28)/p+1. The van der Waals surface area contributed by atoms with Crippen LogP contribution in [0.25, 0.3) is 11.3 Å². The Bertz CT molecular complexity index is 1060. The number of nitrogens with two attached hydrogens (primary N) is 1. The number of aromatic nitrogens is 1. The molecule has 0 saturated heterocycles. The number of rotatable bonds is 6. The molecule has 2 aromatic carbocycles. The van der Waals surface area contributed by atoms with E-state index in [0.29, 0.717) is 5.02 Å². The third-order valence-corrected chi connectivity index (χ3v) is 5.41. The van der Waals surface area contributed by atoms with E-state index in [9.17, 15) is 4.79 Å². The largest absolute Gasteiger partial charge is 0.369 e. The smallest absolute Gasteiger partial charge is 0.267 e. The number of benzene rings is 2. The molecule has 1 amide bonds. The van der Waals surface area contributed by atoms with Crippen LogP contribution in [0.4, 0.5) is 11.4 Å². The summed E-state index contributed by atoms with van der Waals surface area (Å²) in [7, 11) is 1.69. The summed E-state index contributed by atoms with van der Waals surface area (Å²) >= 11 is 6.23. The molecule has 0 bridgehead atoms. The second-order valence-electron chi connectivity index (χ2n) is 7.17. The summed E-state index contributed by atoms with van der Waals surface area (Å²) < 4.78 is 1.91. The first-order chi connectivity index (χ1) is 14.0. The van der Waals surface area contributed by atoms with Crippen molar-refractivity contribution in [3.8, 4) is 11.3 Å². The SMILES string of the molecule is CO[n+]1c(-c2cccc(Cl)c2)cc(Nc2ccc(CC(N)=O)cc2)c2c1CCC2. The first kappa shape index (κ1) is 19.3. The number of nitrogens with one attached hydrogen (secondary N) is 1. The predicted octanol–water partition coefficient (Wildman–Crippen LogP) is 3.61. The van der Waals surface area contributed by atoms with Gasteiger partial charge in [-0.2, -0.15) is 0 Å². The molecule has 148 valence electrons. The molecule has 1 aliphatic carbocycles. The molecular weight excluding hydrogens is 386 g/mol. The number of pyridine rings is 1. The van der Waals surface area contributed by atoms with Gasteiger partial charge in [0, 0.05) is 33.5 Å². The highest BCUT2D eigenvalue weighted by Gasteiger charge is 2.31. The molecule has 5 nitrogen and oxygen atoms in total. The topological polar surface area (TPSA) is 68.2 Å². The van der Waals surface area contributed by atoms with Crippen molar-refractivity contribution in [1.29, 1.82) is 0 Å². The highest BCUT2D eigenvalue weighted by Crippen LogP contribution is 2.33. The lowest BCUT2D eigenvalue weighted by molar-refractivity contribution is -0.881. The maximum absolute atomic E-state index is 11.1. The van der Waals surface area contributed by atoms with Crippen molar-refractivity contribution in [2.24, 2.45) is 5.73 Å². The summed E-state index contributed by atoms with van der Waals surface area (Å²) in [4.78, 5) is 16.9. The second-order valence-corrected chi connectivity index (χ2v) is 7.61. The first-order valence-corrected chi connectivity index (χ1v) is 9.98. The van der Waals surface area contributed by atoms with E-state index in [4.69, 9.17) is 22.2 Å². The van der Waals surface area contributed by atoms with Gasteiger partial charge < -0.3 is 11.1 Å². The molecule has 3 aromatic rings. The van der Waals surface area contributed by atoms with E-state index < -0.39 is 0 Å². The van der Waals surface area contributed by atoms with E-state index in [2.05, 4.69) is 11.4 Å². The monoisotopic (exact) mass is 408 g/mol. The minimum Gasteiger partial charge on any atom is -0.369 e. The Hall–Kier alpha value is -3.05. The third kappa shape index (κ3) is 4.05. The molecule has 1 aromatic heterocycles. The van der Waals surface area contributed by atoms with Gasteiger partial charge in [0.1, 0.15) is 7.11 Å². The molecule has 0 radical (unpaired) electrons. The van der Waals surface area contributed by atoms with Gasteiger partial charge in [-0.3, -0.25) is 9.63 Å². The van der Waals surface area contributed by atoms with Crippen LogP contribution >= 0.6 is 11.6 Å². The van der Waals surface area contributed by atoms with Crippen LogP contribution < -0.4 is 20.6 Å². The van der Waals surface area contributed by atoms with E-state index >= 15 is 0 Å². The van der Waals surface area contributed by atoms with Crippen molar-refractivity contribution in [2.45, 2.75) is 25.7 Å². The Morgan fingerprint density at radius 1 is 1.17 bits per heavy atom. The van der Waals surface area contributed by atoms with Gasteiger partial charge in [0.2, 0.25) is 11.6 Å². The van der Waals surface area contributed by atoms with Crippen LogP contribution in [0.2, 0.25) is 5.02 Å². The van der Waals surface area contributed by atoms with Crippen LogP contribution in [0.1, 0.15) is 23.2 Å². The molecule has 3 N–H and O–H groups in total. The molecule has 0 fully saturated rings. The van der Waals surface area contributed by atoms with Crippen LogP contribution in [0.5, 0.6) is 0 Å². The van der Waals surface area contributed by atoms with Crippen molar-refractivity contribution in [2.75, 3.05) is 12.4 Å². The fourth-order valence-electron chi connectivity index (χ4n) is 3.90. The van der Waals surface area contributed by atoms with Gasteiger partial charge in [0.05, 0.1) is 17.7 Å². The second kappa shape index (κ2) is 8.13. The van der Waals surface area contributed by atoms with Gasteiger partial charge in [-0.1, -0.05) is 29.8 Å². The Kier molecular flexibility index (Phi) is 5.41. The predicted molar refractivity (Wildman–Crippen MR) is 114 cm³/mol. The number of hydrogen-bond donors (Lipinski definition) is 2. The summed E-state index contributed by atoms with van der Waals surface area (Å²) in [6.07, 6.45) is 3.29. The fraction of sp³-hybridized carbons (Fsp3) is 0.217. The Morgan fingerprint density at radius 3 is 2.66 bits per heavy atom. The van der Waals surface area contributed by atoms with E-state index in [0.717, 1.165) is 47.5 Å². The zero-order valence-electron chi connectivity index (χ0n) is 16.2. The number of nitrogens with zero attached hydrogens (tertiary/aromatic N) is 1. The highest BCUT2D eigenvalue weighted by atomic mass is 35.5. The van der Waals surface area contributed by atoms with Gasteiger partial charge in [0.25, 0.3) is 5.69 Å². The molecular formula is C23H23ClN3O2+. The van der Waals surface area contributed by atoms with Gasteiger partial charge >= 0.3 is 0 Å². The molecule has 0 spiro atoms. The van der Waals surface area contributed by atoms with Crippen molar-refractivity contribution in [1.82, 2.24) is 0 Å². The summed E-state index contributed by atoms with van der Waals surface area (Å²) in [5.41, 5.74) is 12.6. The van der Waals surface area contributed by atoms with Crippen LogP contribution in [0.3, 0.4) is 0 Å². The molecule has 29 heavy (non-hydrogen) atoms. The zero-order chi connectivity index (χ0) is 20.4. The van der Waals surface area contributed by atoms with Gasteiger partial charge in [0.15, 0.2) is 0 Å². The number of fused-ring (bicyclic) bond motifs is 1. The first-order valence-electron chi connectivity index (χ1n) is 9.60. The summed E-state index contributed by atoms with van der Waals surface area (Å²) in [6, 6.07) is 17.7. The van der Waals surface area contributed by atoms with Gasteiger partial charge in [-0.15, -0.1) is 0 Å². The number of hydrogen-bond acceptors (Lipinski definition) is 3. The quantitative estimate of drug-likeness (QED) is 0.612. The van der Waals surface area contributed by atoms with Crippen LogP contribution in [0.15, 0.2) is 54.6 Å². The maximum Gasteiger partial charge on any atom is 0.267 e. The minimum absolute atomic E-state index is 0.244. The van der Waals surface area contributed by atoms with Crippen LogP contribution in [-0.4, -0.2) is 13.0 Å². The average molecular weight is 409 g/mol. The van der Waals surface area contributed by atoms with E-state index in [1.807, 2.05) is 53.3 Å². The molecule has 0 aliphatic heterocycles. The zero-order valence-corrected chi connectivity index (χ0v) is 17.0. The number of carbonyl (C=O) groups excluding carboxylic acids is 1. The lowest BCUT2D eigenvalue weighted by Gasteiger charge is -2.13. The van der Waals surface area contributed by atoms with Crippen molar-refractivity contribution < 1.29 is 14.4 Å². The molecule has 6 heteroatoms. The maximum atomic E-state index is 11.1. The Balaban J connectivity index is 1.74. The van der Waals surface area contributed by atoms with Crippen LogP contribution in [0, 0.1) is 0 Å². The summed E-state index contributed by atoms with van der Waals surface area (Å²) in [5, 5.41) is 4.23. The molecule has 4 rings (SSSR count). The molecule has 0 unspecified atom stereocenters. The van der Waals surface area contributed by atoms with E-state index in [1.165, 1.54) is 11.3 Å². The molecule has 1 heterocycles. The molecule has 0 atom stereocenters. The Labute approximate surface area is 175 Å². The number of primary amides is 1. The number of halogens is 1. The minimum atomic E-state index is -0.332. The van der Waals surface area contributed by atoms with Crippen molar-refractivity contribution in [3.05, 3.63) is 76.4 Å². The van der Waals surface area contributed by atoms with E-state index in [1.54, 1.807) is 7.11 Å². The normalized spacial score (nSPS) is 12.5. The number of anilines is 2. The number of amides is 1. The average Bonchev–Trinajstić information content (AvgIpc) is 3.19. The fourth-order valence-corrected chi connectivity index (χ4v) is 4.09. The third-order valence-electron chi connectivity index (χ3n) is 5.17. The number of carbonyl (C=O) groups is 1. The summed E-state index contributed by atoms with van der Waals surface area (Å²) in [5.74, 6) is -0.332. The molecule has 1 aliphatic rings. The molecule has 0 saturated carbocycles. The Morgan fingerprint density at radius 2 is 1.97 bits per heavy atom. The van der Waals surface area contributed by atoms with Crippen molar-refractivity contribution in [3.63, 3.8) is 0 Å². The lowest BCUT2D eigenvalue weighted by atomic mass is 10.1. The lowest BCUT2D eigenvalue weighted by Crippen LogP contribution is -2.46. The summed E-state index contributed by atoms with van der Waals surface area (Å²) in [6.45, 7) is 0. The van der Waals surface area contributed by atoms with Crippen LogP contribution in [-0.2, 0) is 24.1 Å².